The van der Waals surface area contributed by atoms with E-state index in [0.717, 1.165) is 34.9 Å². The van der Waals surface area contributed by atoms with Crippen LogP contribution in [0.4, 0.5) is 0 Å². The Hall–Kier alpha value is -0.980. The van der Waals surface area contributed by atoms with Crippen LogP contribution in [0, 0.1) is 0 Å². The molecule has 0 aromatic heterocycles. The van der Waals surface area contributed by atoms with E-state index in [0.29, 0.717) is 0 Å². The summed E-state index contributed by atoms with van der Waals surface area (Å²) in [5.74, 6) is 2.46. The first kappa shape index (κ1) is 14.4. The Morgan fingerprint density at radius 1 is 1.26 bits per heavy atom. The van der Waals surface area contributed by atoms with Crippen molar-refractivity contribution in [2.24, 2.45) is 0 Å². The van der Waals surface area contributed by atoms with Gasteiger partial charge in [0.15, 0.2) is 11.5 Å². The molecule has 0 aliphatic carbocycles. The molecule has 0 N–H and O–H groups in total. The number of methoxy groups -OCH3 is 2. The van der Waals surface area contributed by atoms with Gasteiger partial charge in [0.2, 0.25) is 0 Å². The van der Waals surface area contributed by atoms with Crippen molar-refractivity contribution in [2.45, 2.75) is 6.54 Å². The molecule has 0 amide bonds. The maximum absolute atomic E-state index is 5.32. The summed E-state index contributed by atoms with van der Waals surface area (Å²) in [6.07, 6.45) is 0. The molecule has 2 rings (SSSR count). The van der Waals surface area contributed by atoms with Crippen LogP contribution in [0.2, 0.25) is 0 Å². The Morgan fingerprint density at radius 3 is 2.63 bits per heavy atom. The number of benzene rings is 1. The van der Waals surface area contributed by atoms with Crippen LogP contribution < -0.4 is 9.47 Å². The van der Waals surface area contributed by atoms with Crippen molar-refractivity contribution < 1.29 is 9.47 Å². The third-order valence-electron chi connectivity index (χ3n) is 2.95. The zero-order valence-corrected chi connectivity index (χ0v) is 13.0. The normalized spacial score (nSPS) is 16.6. The summed E-state index contributed by atoms with van der Waals surface area (Å²) in [5.41, 5.74) is 1.21. The van der Waals surface area contributed by atoms with E-state index >= 15 is 0 Å². The van der Waals surface area contributed by atoms with Crippen molar-refractivity contribution in [1.82, 2.24) is 9.80 Å². The highest BCUT2D eigenvalue weighted by molar-refractivity contribution is 8.22. The molecule has 0 saturated carbocycles. The number of hydrogen-bond donors (Lipinski definition) is 0. The van der Waals surface area contributed by atoms with Crippen LogP contribution in [-0.4, -0.2) is 47.9 Å². The van der Waals surface area contributed by atoms with E-state index < -0.39 is 0 Å². The van der Waals surface area contributed by atoms with Gasteiger partial charge in [-0.25, -0.2) is 0 Å². The van der Waals surface area contributed by atoms with Crippen LogP contribution in [0.3, 0.4) is 0 Å². The highest BCUT2D eigenvalue weighted by Crippen LogP contribution is 2.28. The fraction of sp³-hybridized carbons (Fsp3) is 0.462. The Labute approximate surface area is 123 Å². The van der Waals surface area contributed by atoms with Crippen LogP contribution in [0.5, 0.6) is 11.5 Å². The highest BCUT2D eigenvalue weighted by Gasteiger charge is 2.18. The second kappa shape index (κ2) is 6.45. The molecule has 1 aliphatic rings. The molecule has 1 aromatic rings. The minimum Gasteiger partial charge on any atom is -0.493 e. The van der Waals surface area contributed by atoms with Crippen molar-refractivity contribution in [2.75, 3.05) is 33.8 Å². The summed E-state index contributed by atoms with van der Waals surface area (Å²) in [5, 5.41) is 0. The largest absolute Gasteiger partial charge is 0.493 e. The summed E-state index contributed by atoms with van der Waals surface area (Å²) in [6, 6.07) is 6.04. The van der Waals surface area contributed by atoms with E-state index in [1.807, 2.05) is 19.2 Å². The number of nitrogens with zero attached hydrogens (tertiary/aromatic N) is 2. The number of rotatable bonds is 4. The van der Waals surface area contributed by atoms with Gasteiger partial charge in [0, 0.05) is 13.6 Å². The van der Waals surface area contributed by atoms with E-state index in [9.17, 15) is 0 Å². The van der Waals surface area contributed by atoms with Gasteiger partial charge < -0.3 is 14.4 Å². The zero-order chi connectivity index (χ0) is 13.8. The standard InChI is InChI=1S/C13H18N2O2S2/c1-14-8-15(9-19-13(14)18)7-10-4-5-11(16-2)12(6-10)17-3/h4-6H,7-9H2,1-3H3. The lowest BCUT2D eigenvalue weighted by Gasteiger charge is -2.34. The number of thioether (sulfide) groups is 1. The first-order chi connectivity index (χ1) is 9.13. The maximum Gasteiger partial charge on any atom is 0.161 e. The van der Waals surface area contributed by atoms with Crippen molar-refractivity contribution in [3.63, 3.8) is 0 Å². The van der Waals surface area contributed by atoms with Gasteiger partial charge in [-0.15, -0.1) is 0 Å². The molecule has 19 heavy (non-hydrogen) atoms. The van der Waals surface area contributed by atoms with E-state index in [4.69, 9.17) is 21.7 Å². The van der Waals surface area contributed by atoms with Crippen LogP contribution in [0.25, 0.3) is 0 Å². The minimum atomic E-state index is 0.762. The lowest BCUT2D eigenvalue weighted by molar-refractivity contribution is 0.226. The molecule has 1 aromatic carbocycles. The summed E-state index contributed by atoms with van der Waals surface area (Å²) in [7, 11) is 5.33. The summed E-state index contributed by atoms with van der Waals surface area (Å²) in [6.45, 7) is 1.74. The second-order valence-corrected chi connectivity index (χ2v) is 5.98. The van der Waals surface area contributed by atoms with E-state index in [-0.39, 0.29) is 0 Å². The molecule has 1 aliphatic heterocycles. The fourth-order valence-electron chi connectivity index (χ4n) is 1.99. The zero-order valence-electron chi connectivity index (χ0n) is 11.4. The molecule has 0 bridgehead atoms. The topological polar surface area (TPSA) is 24.9 Å². The molecule has 6 heteroatoms. The van der Waals surface area contributed by atoms with Gasteiger partial charge in [0.25, 0.3) is 0 Å². The van der Waals surface area contributed by atoms with Gasteiger partial charge in [-0.05, 0) is 17.7 Å². The molecule has 0 unspecified atom stereocenters. The van der Waals surface area contributed by atoms with Gasteiger partial charge in [-0.3, -0.25) is 4.90 Å². The quantitative estimate of drug-likeness (QED) is 0.792. The molecule has 1 fully saturated rings. The molecule has 104 valence electrons. The highest BCUT2D eigenvalue weighted by atomic mass is 32.2. The summed E-state index contributed by atoms with van der Waals surface area (Å²) >= 11 is 6.94. The Kier molecular flexibility index (Phi) is 4.90. The Balaban J connectivity index is 2.05. The van der Waals surface area contributed by atoms with Crippen molar-refractivity contribution >= 4 is 28.3 Å². The van der Waals surface area contributed by atoms with Gasteiger partial charge in [0.1, 0.15) is 4.32 Å². The maximum atomic E-state index is 5.32. The molecule has 0 radical (unpaired) electrons. The summed E-state index contributed by atoms with van der Waals surface area (Å²) in [4.78, 5) is 4.42. The summed E-state index contributed by atoms with van der Waals surface area (Å²) < 4.78 is 11.5. The third-order valence-corrected chi connectivity index (χ3v) is 4.67. The van der Waals surface area contributed by atoms with Crippen LogP contribution in [0.15, 0.2) is 18.2 Å². The Bertz CT molecular complexity index is 468. The van der Waals surface area contributed by atoms with Crippen molar-refractivity contribution in [1.29, 1.82) is 0 Å². The number of ether oxygens (including phenoxy) is 2. The van der Waals surface area contributed by atoms with Gasteiger partial charge in [0.05, 0.1) is 26.8 Å². The fourth-order valence-corrected chi connectivity index (χ4v) is 2.95. The SMILES string of the molecule is COc1ccc(CN2CSC(=S)N(C)C2)cc1OC. The second-order valence-electron chi connectivity index (χ2n) is 4.40. The van der Waals surface area contributed by atoms with Gasteiger partial charge in [-0.1, -0.05) is 30.0 Å². The Morgan fingerprint density at radius 2 is 2.00 bits per heavy atom. The van der Waals surface area contributed by atoms with E-state index in [2.05, 4.69) is 15.9 Å². The lowest BCUT2D eigenvalue weighted by atomic mass is 10.2. The van der Waals surface area contributed by atoms with E-state index in [1.54, 1.807) is 26.0 Å². The molecule has 1 heterocycles. The molecule has 0 spiro atoms. The first-order valence-electron chi connectivity index (χ1n) is 5.95. The van der Waals surface area contributed by atoms with Crippen LogP contribution in [0.1, 0.15) is 5.56 Å². The molecular weight excluding hydrogens is 280 g/mol. The number of hydrogen-bond acceptors (Lipinski definition) is 5. The van der Waals surface area contributed by atoms with Gasteiger partial charge >= 0.3 is 0 Å². The predicted molar refractivity (Wildman–Crippen MR) is 82.8 cm³/mol. The molecule has 4 nitrogen and oxygen atoms in total. The first-order valence-corrected chi connectivity index (χ1v) is 7.34. The van der Waals surface area contributed by atoms with Crippen molar-refractivity contribution in [3.8, 4) is 11.5 Å². The smallest absolute Gasteiger partial charge is 0.161 e. The lowest BCUT2D eigenvalue weighted by Crippen LogP contribution is -2.41. The predicted octanol–water partition coefficient (Wildman–Crippen LogP) is 2.38. The minimum absolute atomic E-state index is 0.762. The van der Waals surface area contributed by atoms with Crippen molar-refractivity contribution in [3.05, 3.63) is 23.8 Å². The average molecular weight is 298 g/mol. The molecule has 1 saturated heterocycles. The molecular formula is C13H18N2O2S2. The molecule has 0 atom stereocenters. The van der Waals surface area contributed by atoms with Crippen LogP contribution >= 0.6 is 24.0 Å². The monoisotopic (exact) mass is 298 g/mol. The van der Waals surface area contributed by atoms with Crippen LogP contribution in [-0.2, 0) is 6.54 Å². The van der Waals surface area contributed by atoms with E-state index in [1.165, 1.54) is 5.56 Å². The average Bonchev–Trinajstić information content (AvgIpc) is 2.43. The number of thiocarbonyl (C=S) groups is 1. The third kappa shape index (κ3) is 3.52. The van der Waals surface area contributed by atoms with Gasteiger partial charge in [-0.2, -0.15) is 0 Å².